The van der Waals surface area contributed by atoms with Gasteiger partial charge in [0, 0.05) is 0 Å². The van der Waals surface area contributed by atoms with Crippen LogP contribution in [0.15, 0.2) is 43.0 Å². The number of carbonyl (C=O) groups is 2. The van der Waals surface area contributed by atoms with Gasteiger partial charge >= 0.3 is 6.09 Å². The predicted molar refractivity (Wildman–Crippen MR) is 77.8 cm³/mol. The van der Waals surface area contributed by atoms with Gasteiger partial charge in [0.05, 0.1) is 12.6 Å². The molecule has 1 aliphatic rings. The molecule has 0 bridgehead atoms. The molecule has 0 aliphatic carbocycles. The molecule has 2 amide bonds. The van der Waals surface area contributed by atoms with Crippen molar-refractivity contribution in [3.05, 3.63) is 48.6 Å². The van der Waals surface area contributed by atoms with E-state index in [4.69, 9.17) is 9.47 Å². The number of ether oxygens (including phenoxy) is 2. The maximum absolute atomic E-state index is 12.1. The zero-order valence-electron chi connectivity index (χ0n) is 11.9. The first-order valence-electron chi connectivity index (χ1n) is 6.93. The first-order valence-corrected chi connectivity index (χ1v) is 6.93. The van der Waals surface area contributed by atoms with Gasteiger partial charge in [0.1, 0.15) is 13.2 Å². The van der Waals surface area contributed by atoms with E-state index in [1.807, 2.05) is 30.3 Å². The number of benzene rings is 1. The highest BCUT2D eigenvalue weighted by Crippen LogP contribution is 2.17. The lowest BCUT2D eigenvalue weighted by Crippen LogP contribution is -2.42. The molecule has 5 nitrogen and oxygen atoms in total. The molecule has 0 radical (unpaired) electrons. The van der Waals surface area contributed by atoms with Crippen molar-refractivity contribution in [2.45, 2.75) is 18.9 Å². The third kappa shape index (κ3) is 4.16. The molecule has 1 heterocycles. The second-order valence-corrected chi connectivity index (χ2v) is 4.81. The van der Waals surface area contributed by atoms with Crippen LogP contribution in [0.4, 0.5) is 4.79 Å². The van der Waals surface area contributed by atoms with Crippen molar-refractivity contribution in [3.63, 3.8) is 0 Å². The van der Waals surface area contributed by atoms with Crippen LogP contribution in [0.3, 0.4) is 0 Å². The van der Waals surface area contributed by atoms with Crippen molar-refractivity contribution in [1.82, 2.24) is 4.90 Å². The highest BCUT2D eigenvalue weighted by molar-refractivity contribution is 5.94. The molecule has 1 fully saturated rings. The van der Waals surface area contributed by atoms with Crippen molar-refractivity contribution in [2.75, 3.05) is 19.8 Å². The SMILES string of the molecule is C=CCCOCC(=O)N1C(=O)OCC1Cc1ccccc1. The van der Waals surface area contributed by atoms with Gasteiger partial charge in [0.15, 0.2) is 0 Å². The fourth-order valence-electron chi connectivity index (χ4n) is 2.20. The largest absolute Gasteiger partial charge is 0.447 e. The van der Waals surface area contributed by atoms with Crippen LogP contribution in [0.1, 0.15) is 12.0 Å². The highest BCUT2D eigenvalue weighted by atomic mass is 16.6. The molecule has 1 aromatic rings. The lowest BCUT2D eigenvalue weighted by Gasteiger charge is -2.19. The van der Waals surface area contributed by atoms with Crippen LogP contribution in [-0.4, -0.2) is 42.8 Å². The van der Waals surface area contributed by atoms with Crippen molar-refractivity contribution in [1.29, 1.82) is 0 Å². The molecule has 1 unspecified atom stereocenters. The lowest BCUT2D eigenvalue weighted by molar-refractivity contribution is -0.134. The normalized spacial score (nSPS) is 17.6. The summed E-state index contributed by atoms with van der Waals surface area (Å²) in [6.45, 7) is 4.11. The molecule has 0 aromatic heterocycles. The van der Waals surface area contributed by atoms with Gasteiger partial charge in [-0.05, 0) is 18.4 Å². The first kappa shape index (κ1) is 15.3. The maximum atomic E-state index is 12.1. The number of amides is 2. The van der Waals surface area contributed by atoms with Crippen LogP contribution < -0.4 is 0 Å². The summed E-state index contributed by atoms with van der Waals surface area (Å²) in [6.07, 6.45) is 2.39. The van der Waals surface area contributed by atoms with E-state index in [0.29, 0.717) is 19.4 Å². The summed E-state index contributed by atoms with van der Waals surface area (Å²) in [5, 5.41) is 0. The Morgan fingerprint density at radius 3 is 2.90 bits per heavy atom. The minimum Gasteiger partial charge on any atom is -0.447 e. The smallest absolute Gasteiger partial charge is 0.417 e. The molecule has 0 saturated carbocycles. The second kappa shape index (κ2) is 7.59. The topological polar surface area (TPSA) is 55.8 Å². The summed E-state index contributed by atoms with van der Waals surface area (Å²) < 4.78 is 10.2. The Hall–Kier alpha value is -2.14. The van der Waals surface area contributed by atoms with Gasteiger partial charge < -0.3 is 9.47 Å². The second-order valence-electron chi connectivity index (χ2n) is 4.81. The van der Waals surface area contributed by atoms with E-state index in [1.165, 1.54) is 4.90 Å². The summed E-state index contributed by atoms with van der Waals surface area (Å²) in [5.74, 6) is -0.359. The highest BCUT2D eigenvalue weighted by Gasteiger charge is 2.37. The molecule has 21 heavy (non-hydrogen) atoms. The minimum absolute atomic E-state index is 0.117. The Morgan fingerprint density at radius 1 is 1.43 bits per heavy atom. The fraction of sp³-hybridized carbons (Fsp3) is 0.375. The van der Waals surface area contributed by atoms with Gasteiger partial charge in [0.25, 0.3) is 5.91 Å². The molecule has 112 valence electrons. The van der Waals surface area contributed by atoms with Crippen molar-refractivity contribution in [2.24, 2.45) is 0 Å². The van der Waals surface area contributed by atoms with Crippen LogP contribution in [0.5, 0.6) is 0 Å². The Bertz CT molecular complexity index is 500. The predicted octanol–water partition coefficient (Wildman–Crippen LogP) is 2.17. The molecule has 1 saturated heterocycles. The van der Waals surface area contributed by atoms with Gasteiger partial charge in [-0.3, -0.25) is 4.79 Å². The number of imide groups is 1. The van der Waals surface area contributed by atoms with Crippen molar-refractivity contribution < 1.29 is 19.1 Å². The van der Waals surface area contributed by atoms with Crippen LogP contribution in [-0.2, 0) is 20.7 Å². The van der Waals surface area contributed by atoms with Gasteiger partial charge in [-0.2, -0.15) is 0 Å². The Balaban J connectivity index is 1.93. The number of carbonyl (C=O) groups excluding carboxylic acids is 2. The Morgan fingerprint density at radius 2 is 2.19 bits per heavy atom. The Labute approximate surface area is 124 Å². The van der Waals surface area contributed by atoms with Gasteiger partial charge in [0.2, 0.25) is 0 Å². The minimum atomic E-state index is -0.590. The van der Waals surface area contributed by atoms with Gasteiger partial charge in [-0.25, -0.2) is 9.69 Å². The number of cyclic esters (lactones) is 1. The third-order valence-corrected chi connectivity index (χ3v) is 3.24. The quantitative estimate of drug-likeness (QED) is 0.570. The fourth-order valence-corrected chi connectivity index (χ4v) is 2.20. The lowest BCUT2D eigenvalue weighted by atomic mass is 10.1. The summed E-state index contributed by atoms with van der Waals surface area (Å²) in [6, 6.07) is 9.44. The van der Waals surface area contributed by atoms with E-state index >= 15 is 0 Å². The third-order valence-electron chi connectivity index (χ3n) is 3.24. The van der Waals surface area contributed by atoms with Crippen LogP contribution in [0.2, 0.25) is 0 Å². The average molecular weight is 289 g/mol. The van der Waals surface area contributed by atoms with Crippen molar-refractivity contribution in [3.8, 4) is 0 Å². The zero-order valence-corrected chi connectivity index (χ0v) is 11.9. The average Bonchev–Trinajstić information content (AvgIpc) is 2.85. The zero-order chi connectivity index (χ0) is 15.1. The van der Waals surface area contributed by atoms with E-state index < -0.39 is 6.09 Å². The molecule has 1 aliphatic heterocycles. The summed E-state index contributed by atoms with van der Waals surface area (Å²) in [4.78, 5) is 25.0. The summed E-state index contributed by atoms with van der Waals surface area (Å²) >= 11 is 0. The van der Waals surface area contributed by atoms with E-state index in [-0.39, 0.29) is 25.2 Å². The number of hydrogen-bond acceptors (Lipinski definition) is 4. The molecule has 1 aromatic carbocycles. The van der Waals surface area contributed by atoms with Crippen LogP contribution in [0.25, 0.3) is 0 Å². The molecule has 1 atom stereocenters. The van der Waals surface area contributed by atoms with E-state index in [0.717, 1.165) is 5.56 Å². The monoisotopic (exact) mass is 289 g/mol. The number of nitrogens with zero attached hydrogens (tertiary/aromatic N) is 1. The summed E-state index contributed by atoms with van der Waals surface area (Å²) in [7, 11) is 0. The molecule has 2 rings (SSSR count). The molecule has 0 N–H and O–H groups in total. The molecule has 0 spiro atoms. The van der Waals surface area contributed by atoms with E-state index in [9.17, 15) is 9.59 Å². The number of rotatable bonds is 7. The first-order chi connectivity index (χ1) is 10.2. The number of hydrogen-bond donors (Lipinski definition) is 0. The van der Waals surface area contributed by atoms with Gasteiger partial charge in [-0.1, -0.05) is 36.4 Å². The van der Waals surface area contributed by atoms with Crippen LogP contribution in [0, 0.1) is 0 Å². The van der Waals surface area contributed by atoms with E-state index in [2.05, 4.69) is 6.58 Å². The maximum Gasteiger partial charge on any atom is 0.417 e. The summed E-state index contributed by atoms with van der Waals surface area (Å²) in [5.41, 5.74) is 1.06. The van der Waals surface area contributed by atoms with Gasteiger partial charge in [-0.15, -0.1) is 6.58 Å². The standard InChI is InChI=1S/C16H19NO4/c1-2-3-9-20-12-15(18)17-14(11-21-16(17)19)10-13-7-5-4-6-8-13/h2,4-8,14H,1,3,9-12H2. The van der Waals surface area contributed by atoms with E-state index in [1.54, 1.807) is 6.08 Å². The Kier molecular flexibility index (Phi) is 5.51. The molecule has 5 heteroatoms. The molecular formula is C16H19NO4. The van der Waals surface area contributed by atoms with Crippen LogP contribution >= 0.6 is 0 Å². The van der Waals surface area contributed by atoms with Crippen molar-refractivity contribution >= 4 is 12.0 Å². The molecular weight excluding hydrogens is 270 g/mol.